The van der Waals surface area contributed by atoms with Crippen LogP contribution in [0.3, 0.4) is 0 Å². The number of primary amides is 1. The number of halogens is 2. The van der Waals surface area contributed by atoms with Crippen molar-refractivity contribution in [1.29, 1.82) is 0 Å². The van der Waals surface area contributed by atoms with Crippen LogP contribution in [0.15, 0.2) is 18.2 Å². The van der Waals surface area contributed by atoms with Crippen LogP contribution < -0.4 is 15.8 Å². The molecule has 0 heterocycles. The van der Waals surface area contributed by atoms with Crippen LogP contribution in [0.25, 0.3) is 0 Å². The third kappa shape index (κ3) is 3.99. The molecular formula is C11H14F2N2O2. The van der Waals surface area contributed by atoms with E-state index in [9.17, 15) is 13.6 Å². The van der Waals surface area contributed by atoms with Crippen molar-refractivity contribution in [2.75, 3.05) is 13.2 Å². The lowest BCUT2D eigenvalue weighted by molar-refractivity contribution is -0.120. The minimum atomic E-state index is -0.734. The van der Waals surface area contributed by atoms with Gasteiger partial charge in [0, 0.05) is 6.07 Å². The molecule has 0 bridgehead atoms. The highest BCUT2D eigenvalue weighted by molar-refractivity contribution is 5.80. The van der Waals surface area contributed by atoms with Crippen LogP contribution in [0, 0.1) is 11.6 Å². The zero-order valence-corrected chi connectivity index (χ0v) is 9.37. The summed E-state index contributed by atoms with van der Waals surface area (Å²) < 4.78 is 31.0. The second-order valence-corrected chi connectivity index (χ2v) is 3.40. The molecule has 1 amide bonds. The summed E-state index contributed by atoms with van der Waals surface area (Å²) in [5.74, 6) is -2.15. The van der Waals surface area contributed by atoms with Crippen molar-refractivity contribution in [2.24, 2.45) is 5.73 Å². The monoisotopic (exact) mass is 244 g/mol. The molecule has 0 aromatic heterocycles. The molecule has 0 spiro atoms. The van der Waals surface area contributed by atoms with Crippen molar-refractivity contribution < 1.29 is 18.3 Å². The summed E-state index contributed by atoms with van der Waals surface area (Å²) in [7, 11) is 0. The van der Waals surface area contributed by atoms with Crippen LogP contribution in [0.5, 0.6) is 5.75 Å². The number of nitrogens with two attached hydrogens (primary N) is 1. The van der Waals surface area contributed by atoms with Crippen LogP contribution in [0.2, 0.25) is 0 Å². The Hall–Kier alpha value is -1.69. The minimum Gasteiger partial charge on any atom is -0.488 e. The van der Waals surface area contributed by atoms with Gasteiger partial charge in [0.25, 0.3) is 0 Å². The molecule has 6 heteroatoms. The Morgan fingerprint density at radius 3 is 2.82 bits per heavy atom. The van der Waals surface area contributed by atoms with Crippen molar-refractivity contribution in [1.82, 2.24) is 5.32 Å². The summed E-state index contributed by atoms with van der Waals surface area (Å²) in [6, 6.07) is 2.12. The highest BCUT2D eigenvalue weighted by Gasteiger charge is 2.15. The molecular weight excluding hydrogens is 230 g/mol. The fourth-order valence-corrected chi connectivity index (χ4v) is 1.25. The van der Waals surface area contributed by atoms with E-state index in [0.29, 0.717) is 6.54 Å². The van der Waals surface area contributed by atoms with Crippen LogP contribution in [0.1, 0.15) is 6.92 Å². The number of ether oxygens (including phenoxy) is 1. The van der Waals surface area contributed by atoms with Gasteiger partial charge in [-0.2, -0.15) is 0 Å². The predicted octanol–water partition coefficient (Wildman–Crippen LogP) is 0.807. The largest absolute Gasteiger partial charge is 0.488 e. The molecule has 0 fully saturated rings. The fourth-order valence-electron chi connectivity index (χ4n) is 1.25. The van der Waals surface area contributed by atoms with E-state index in [-0.39, 0.29) is 12.4 Å². The molecule has 1 rings (SSSR count). The van der Waals surface area contributed by atoms with E-state index in [1.165, 1.54) is 0 Å². The highest BCUT2D eigenvalue weighted by atomic mass is 19.1. The van der Waals surface area contributed by atoms with Gasteiger partial charge in [0.05, 0.1) is 0 Å². The Morgan fingerprint density at radius 2 is 2.24 bits per heavy atom. The Kier molecular flexibility index (Phi) is 4.84. The number of amides is 1. The first-order valence-electron chi connectivity index (χ1n) is 5.15. The second kappa shape index (κ2) is 6.15. The normalized spacial score (nSPS) is 12.2. The lowest BCUT2D eigenvalue weighted by Crippen LogP contribution is -2.45. The molecule has 0 aliphatic heterocycles. The number of rotatable bonds is 6. The Morgan fingerprint density at radius 1 is 1.53 bits per heavy atom. The van der Waals surface area contributed by atoms with Gasteiger partial charge in [-0.1, -0.05) is 6.92 Å². The van der Waals surface area contributed by atoms with Crippen LogP contribution >= 0.6 is 0 Å². The van der Waals surface area contributed by atoms with E-state index in [2.05, 4.69) is 5.32 Å². The molecule has 1 aromatic carbocycles. The number of likely N-dealkylation sites (N-methyl/N-ethyl adjacent to an activating group) is 1. The first kappa shape index (κ1) is 13.4. The van der Waals surface area contributed by atoms with Gasteiger partial charge in [-0.3, -0.25) is 4.79 Å². The van der Waals surface area contributed by atoms with Gasteiger partial charge in [-0.25, -0.2) is 8.78 Å². The molecule has 0 aliphatic rings. The average molecular weight is 244 g/mol. The number of carbonyl (C=O) groups is 1. The molecule has 1 atom stereocenters. The van der Waals surface area contributed by atoms with E-state index in [4.69, 9.17) is 10.5 Å². The molecule has 0 saturated heterocycles. The van der Waals surface area contributed by atoms with Crippen molar-refractivity contribution in [2.45, 2.75) is 13.0 Å². The predicted molar refractivity (Wildman–Crippen MR) is 58.5 cm³/mol. The first-order valence-corrected chi connectivity index (χ1v) is 5.15. The van der Waals surface area contributed by atoms with Crippen LogP contribution in [0.4, 0.5) is 8.78 Å². The van der Waals surface area contributed by atoms with Gasteiger partial charge >= 0.3 is 0 Å². The first-order chi connectivity index (χ1) is 8.04. The summed E-state index contributed by atoms with van der Waals surface area (Å²) >= 11 is 0. The standard InChI is InChI=1S/C11H14F2N2O2/c1-2-15-9(11(14)16)6-17-10-5-7(12)3-4-8(10)13/h3-5,9,15H,2,6H2,1H3,(H2,14,16). The van der Waals surface area contributed by atoms with Gasteiger partial charge in [0.1, 0.15) is 18.5 Å². The van der Waals surface area contributed by atoms with E-state index in [1.54, 1.807) is 6.92 Å². The lowest BCUT2D eigenvalue weighted by atomic mass is 10.3. The van der Waals surface area contributed by atoms with Crippen molar-refractivity contribution in [3.63, 3.8) is 0 Å². The molecule has 1 aromatic rings. The number of hydrogen-bond acceptors (Lipinski definition) is 3. The number of hydrogen-bond donors (Lipinski definition) is 2. The van der Waals surface area contributed by atoms with Gasteiger partial charge in [-0.05, 0) is 18.7 Å². The molecule has 4 nitrogen and oxygen atoms in total. The molecule has 0 aliphatic carbocycles. The Balaban J connectivity index is 2.64. The molecule has 0 saturated carbocycles. The quantitative estimate of drug-likeness (QED) is 0.778. The van der Waals surface area contributed by atoms with E-state index >= 15 is 0 Å². The maximum atomic E-state index is 13.2. The van der Waals surface area contributed by atoms with Gasteiger partial charge in [0.2, 0.25) is 5.91 Å². The number of benzene rings is 1. The summed E-state index contributed by atoms with van der Waals surface area (Å²) in [4.78, 5) is 11.0. The molecule has 3 N–H and O–H groups in total. The Labute approximate surface area is 97.8 Å². The zero-order valence-electron chi connectivity index (χ0n) is 9.37. The van der Waals surface area contributed by atoms with E-state index in [1.807, 2.05) is 0 Å². The highest BCUT2D eigenvalue weighted by Crippen LogP contribution is 2.17. The maximum absolute atomic E-state index is 13.2. The van der Waals surface area contributed by atoms with E-state index in [0.717, 1.165) is 18.2 Å². The molecule has 94 valence electrons. The summed E-state index contributed by atoms with van der Waals surface area (Å²) in [6.45, 7) is 2.16. The van der Waals surface area contributed by atoms with Crippen LogP contribution in [-0.2, 0) is 4.79 Å². The smallest absolute Gasteiger partial charge is 0.238 e. The number of nitrogens with one attached hydrogen (secondary N) is 1. The van der Waals surface area contributed by atoms with Crippen LogP contribution in [-0.4, -0.2) is 25.1 Å². The topological polar surface area (TPSA) is 64.3 Å². The number of carbonyl (C=O) groups excluding carboxylic acids is 1. The molecule has 17 heavy (non-hydrogen) atoms. The van der Waals surface area contributed by atoms with Crippen molar-refractivity contribution >= 4 is 5.91 Å². The van der Waals surface area contributed by atoms with Gasteiger partial charge < -0.3 is 15.8 Å². The van der Waals surface area contributed by atoms with Gasteiger partial charge in [0.15, 0.2) is 11.6 Å². The van der Waals surface area contributed by atoms with Gasteiger partial charge in [-0.15, -0.1) is 0 Å². The molecule has 1 unspecified atom stereocenters. The third-order valence-corrected chi connectivity index (χ3v) is 2.09. The Bertz CT molecular complexity index is 399. The zero-order chi connectivity index (χ0) is 12.8. The van der Waals surface area contributed by atoms with Crippen molar-refractivity contribution in [3.8, 4) is 5.75 Å². The lowest BCUT2D eigenvalue weighted by Gasteiger charge is -2.15. The summed E-state index contributed by atoms with van der Waals surface area (Å²) in [5, 5.41) is 2.77. The fraction of sp³-hybridized carbons (Fsp3) is 0.364. The third-order valence-electron chi connectivity index (χ3n) is 2.09. The average Bonchev–Trinajstić information content (AvgIpc) is 2.28. The van der Waals surface area contributed by atoms with Crippen molar-refractivity contribution in [3.05, 3.63) is 29.8 Å². The molecule has 0 radical (unpaired) electrons. The summed E-state index contributed by atoms with van der Waals surface area (Å²) in [5.41, 5.74) is 5.11. The summed E-state index contributed by atoms with van der Waals surface area (Å²) in [6.07, 6.45) is 0. The van der Waals surface area contributed by atoms with E-state index < -0.39 is 23.6 Å². The second-order valence-electron chi connectivity index (χ2n) is 3.40. The minimum absolute atomic E-state index is 0.149. The SMILES string of the molecule is CCNC(COc1cc(F)ccc1F)C(N)=O. The maximum Gasteiger partial charge on any atom is 0.238 e.